The Morgan fingerprint density at radius 2 is 2.54 bits per heavy atom. The smallest absolute Gasteiger partial charge is 0.0794 e. The molecule has 0 bridgehead atoms. The van der Waals surface area contributed by atoms with Gasteiger partial charge in [-0.2, -0.15) is 0 Å². The first-order chi connectivity index (χ1) is 6.40. The summed E-state index contributed by atoms with van der Waals surface area (Å²) in [6, 6.07) is 0.738. The molecule has 1 heterocycles. The second-order valence-electron chi connectivity index (χ2n) is 3.74. The minimum Gasteiger partial charge on any atom is -0.317 e. The van der Waals surface area contributed by atoms with Crippen molar-refractivity contribution in [3.8, 4) is 0 Å². The van der Waals surface area contributed by atoms with Crippen molar-refractivity contribution in [3.05, 3.63) is 16.6 Å². The van der Waals surface area contributed by atoms with Gasteiger partial charge in [-0.05, 0) is 38.6 Å². The Labute approximate surface area is 83.4 Å². The van der Waals surface area contributed by atoms with Gasteiger partial charge in [-0.1, -0.05) is 0 Å². The van der Waals surface area contributed by atoms with E-state index in [9.17, 15) is 0 Å². The number of aromatic nitrogens is 1. The molecule has 1 aliphatic rings. The van der Waals surface area contributed by atoms with Crippen LogP contribution in [0.25, 0.3) is 0 Å². The van der Waals surface area contributed by atoms with E-state index in [4.69, 9.17) is 0 Å². The Morgan fingerprint density at radius 3 is 3.08 bits per heavy atom. The zero-order chi connectivity index (χ0) is 9.10. The quantitative estimate of drug-likeness (QED) is 0.780. The predicted octanol–water partition coefficient (Wildman–Crippen LogP) is 2.07. The molecule has 3 heteroatoms. The first-order valence-corrected chi connectivity index (χ1v) is 5.82. The zero-order valence-electron chi connectivity index (χ0n) is 7.99. The highest BCUT2D eigenvalue weighted by molar-refractivity contribution is 7.09. The van der Waals surface area contributed by atoms with Crippen molar-refractivity contribution in [3.63, 3.8) is 0 Å². The number of rotatable bonds is 5. The molecule has 2 rings (SSSR count). The van der Waals surface area contributed by atoms with E-state index >= 15 is 0 Å². The largest absolute Gasteiger partial charge is 0.317 e. The summed E-state index contributed by atoms with van der Waals surface area (Å²) in [6.07, 6.45) is 7.29. The lowest BCUT2D eigenvalue weighted by Gasteiger charge is -2.13. The molecule has 1 fully saturated rings. The van der Waals surface area contributed by atoms with Crippen LogP contribution in [0.3, 0.4) is 0 Å². The molecule has 0 aromatic carbocycles. The minimum absolute atomic E-state index is 0.738. The first-order valence-electron chi connectivity index (χ1n) is 4.95. The fourth-order valence-corrected chi connectivity index (χ4v) is 2.39. The average molecular weight is 196 g/mol. The van der Waals surface area contributed by atoms with Crippen LogP contribution in [0.1, 0.15) is 24.1 Å². The van der Waals surface area contributed by atoms with Gasteiger partial charge in [0.15, 0.2) is 0 Å². The molecular weight excluding hydrogens is 180 g/mol. The molecule has 1 saturated carbocycles. The molecule has 1 aromatic heterocycles. The number of hydrogen-bond donors (Lipinski definition) is 1. The summed E-state index contributed by atoms with van der Waals surface area (Å²) in [5.74, 6) is 0.956. The number of thiazole rings is 1. The second-order valence-corrected chi connectivity index (χ2v) is 4.71. The van der Waals surface area contributed by atoms with Gasteiger partial charge in [0.1, 0.15) is 0 Å². The van der Waals surface area contributed by atoms with Crippen molar-refractivity contribution in [1.82, 2.24) is 10.3 Å². The van der Waals surface area contributed by atoms with E-state index in [1.54, 1.807) is 11.3 Å². The van der Waals surface area contributed by atoms with Crippen LogP contribution in [0.4, 0.5) is 0 Å². The van der Waals surface area contributed by atoms with Crippen molar-refractivity contribution in [2.24, 2.45) is 5.92 Å². The van der Waals surface area contributed by atoms with Crippen molar-refractivity contribution in [2.75, 3.05) is 7.05 Å². The maximum Gasteiger partial charge on any atom is 0.0794 e. The molecule has 1 aromatic rings. The standard InChI is InChI=1S/C10H16N2S/c1-11-10(8-2-3-8)5-4-9-6-12-7-13-9/h6-8,10-11H,2-5H2,1H3. The molecule has 13 heavy (non-hydrogen) atoms. The topological polar surface area (TPSA) is 24.9 Å². The van der Waals surface area contributed by atoms with Crippen molar-refractivity contribution in [1.29, 1.82) is 0 Å². The van der Waals surface area contributed by atoms with Crippen LogP contribution in [-0.2, 0) is 6.42 Å². The molecular formula is C10H16N2S. The lowest BCUT2D eigenvalue weighted by molar-refractivity contribution is 0.471. The lowest BCUT2D eigenvalue weighted by Crippen LogP contribution is -2.27. The third-order valence-corrected chi connectivity index (χ3v) is 3.59. The van der Waals surface area contributed by atoms with Crippen molar-refractivity contribution in [2.45, 2.75) is 31.7 Å². The van der Waals surface area contributed by atoms with E-state index in [1.165, 1.54) is 30.6 Å². The summed E-state index contributed by atoms with van der Waals surface area (Å²) < 4.78 is 0. The Morgan fingerprint density at radius 1 is 1.69 bits per heavy atom. The highest BCUT2D eigenvalue weighted by atomic mass is 32.1. The Bertz CT molecular complexity index is 241. The SMILES string of the molecule is CNC(CCc1cncs1)C1CC1. The number of hydrogen-bond acceptors (Lipinski definition) is 3. The second kappa shape index (κ2) is 4.20. The van der Waals surface area contributed by atoms with Crippen LogP contribution in [0.2, 0.25) is 0 Å². The van der Waals surface area contributed by atoms with Crippen molar-refractivity contribution < 1.29 is 0 Å². The highest BCUT2D eigenvalue weighted by Crippen LogP contribution is 2.34. The number of nitrogens with zero attached hydrogens (tertiary/aromatic N) is 1. The summed E-state index contributed by atoms with van der Waals surface area (Å²) >= 11 is 1.77. The molecule has 1 aliphatic carbocycles. The Balaban J connectivity index is 1.77. The molecule has 72 valence electrons. The summed E-state index contributed by atoms with van der Waals surface area (Å²) in [6.45, 7) is 0. The Hall–Kier alpha value is -0.410. The van der Waals surface area contributed by atoms with Gasteiger partial charge in [0, 0.05) is 17.1 Å². The number of aryl methyl sites for hydroxylation is 1. The maximum atomic E-state index is 4.08. The highest BCUT2D eigenvalue weighted by Gasteiger charge is 2.29. The third-order valence-electron chi connectivity index (χ3n) is 2.75. The molecule has 1 atom stereocenters. The van der Waals surface area contributed by atoms with Crippen LogP contribution in [0.15, 0.2) is 11.7 Å². The fourth-order valence-electron chi connectivity index (χ4n) is 1.78. The molecule has 0 aliphatic heterocycles. The molecule has 0 spiro atoms. The van der Waals surface area contributed by atoms with Crippen LogP contribution in [-0.4, -0.2) is 18.1 Å². The molecule has 0 amide bonds. The molecule has 1 unspecified atom stereocenters. The van der Waals surface area contributed by atoms with Crippen LogP contribution in [0.5, 0.6) is 0 Å². The van der Waals surface area contributed by atoms with Gasteiger partial charge in [0.05, 0.1) is 5.51 Å². The maximum absolute atomic E-state index is 4.08. The van der Waals surface area contributed by atoms with Gasteiger partial charge in [0.2, 0.25) is 0 Å². The van der Waals surface area contributed by atoms with Gasteiger partial charge in [-0.3, -0.25) is 4.98 Å². The fraction of sp³-hybridized carbons (Fsp3) is 0.700. The van der Waals surface area contributed by atoms with E-state index < -0.39 is 0 Å². The van der Waals surface area contributed by atoms with Gasteiger partial charge in [-0.25, -0.2) is 0 Å². The average Bonchev–Trinajstić information content (AvgIpc) is 2.84. The van der Waals surface area contributed by atoms with E-state index in [-0.39, 0.29) is 0 Å². The van der Waals surface area contributed by atoms with Gasteiger partial charge in [-0.15, -0.1) is 11.3 Å². The van der Waals surface area contributed by atoms with Crippen LogP contribution >= 0.6 is 11.3 Å². The Kier molecular flexibility index (Phi) is 2.96. The summed E-state index contributed by atoms with van der Waals surface area (Å²) in [4.78, 5) is 5.50. The normalized spacial score (nSPS) is 18.8. The van der Waals surface area contributed by atoms with Gasteiger partial charge < -0.3 is 5.32 Å². The van der Waals surface area contributed by atoms with Crippen molar-refractivity contribution >= 4 is 11.3 Å². The molecule has 2 nitrogen and oxygen atoms in total. The summed E-state index contributed by atoms with van der Waals surface area (Å²) in [5.41, 5.74) is 1.92. The van der Waals surface area contributed by atoms with E-state index in [1.807, 2.05) is 11.7 Å². The van der Waals surface area contributed by atoms with E-state index in [2.05, 4.69) is 17.3 Å². The first kappa shape index (κ1) is 9.16. The zero-order valence-corrected chi connectivity index (χ0v) is 8.81. The summed E-state index contributed by atoms with van der Waals surface area (Å²) in [5, 5.41) is 3.41. The van der Waals surface area contributed by atoms with E-state index in [0.717, 1.165) is 12.0 Å². The lowest BCUT2D eigenvalue weighted by atomic mass is 10.1. The van der Waals surface area contributed by atoms with Gasteiger partial charge >= 0.3 is 0 Å². The molecule has 0 radical (unpaired) electrons. The molecule has 0 saturated heterocycles. The van der Waals surface area contributed by atoms with Gasteiger partial charge in [0.25, 0.3) is 0 Å². The molecule has 1 N–H and O–H groups in total. The van der Waals surface area contributed by atoms with Crippen LogP contribution in [0, 0.1) is 5.92 Å². The summed E-state index contributed by atoms with van der Waals surface area (Å²) in [7, 11) is 2.08. The van der Waals surface area contributed by atoms with Crippen LogP contribution < -0.4 is 5.32 Å². The monoisotopic (exact) mass is 196 g/mol. The van der Waals surface area contributed by atoms with E-state index in [0.29, 0.717) is 0 Å². The predicted molar refractivity (Wildman–Crippen MR) is 56.0 cm³/mol. The minimum atomic E-state index is 0.738. The third kappa shape index (κ3) is 2.51. The number of nitrogens with one attached hydrogen (secondary N) is 1.